The van der Waals surface area contributed by atoms with Crippen molar-refractivity contribution in [3.8, 4) is 86.0 Å². The molecule has 15 rings (SSSR count). The lowest BCUT2D eigenvalue weighted by Crippen LogP contribution is -1.92. The van der Waals surface area contributed by atoms with Crippen molar-refractivity contribution in [1.29, 1.82) is 26.3 Å². The fraction of sp³-hybridized carbons (Fsp3) is 0.240. The molecular formula is C125H125N5. The van der Waals surface area contributed by atoms with Crippen LogP contribution in [0.2, 0.25) is 0 Å². The van der Waals surface area contributed by atoms with E-state index in [1.807, 2.05) is 97.1 Å². The number of hydrogen-bond acceptors (Lipinski definition) is 5. The van der Waals surface area contributed by atoms with Crippen LogP contribution in [0.4, 0.5) is 0 Å². The molecule has 5 nitrogen and oxygen atoms in total. The molecule has 0 heterocycles. The molecule has 0 fully saturated rings. The van der Waals surface area contributed by atoms with Crippen LogP contribution in [-0.2, 0) is 96.3 Å². The van der Waals surface area contributed by atoms with Crippen LogP contribution in [0.3, 0.4) is 0 Å². The van der Waals surface area contributed by atoms with Gasteiger partial charge < -0.3 is 0 Å². The Hall–Kier alpha value is -14.3. The largest absolute Gasteiger partial charge is 0.192 e. The van der Waals surface area contributed by atoms with Crippen molar-refractivity contribution in [2.24, 2.45) is 0 Å². The molecule has 15 aromatic carbocycles. The van der Waals surface area contributed by atoms with Crippen molar-refractivity contribution in [3.05, 3.63) is 475 Å². The molecule has 0 spiro atoms. The van der Waals surface area contributed by atoms with Gasteiger partial charge >= 0.3 is 0 Å². The molecule has 0 unspecified atom stereocenters. The number of hydrogen-bond donors (Lipinski definition) is 0. The van der Waals surface area contributed by atoms with Crippen LogP contribution < -0.4 is 0 Å². The Balaban J connectivity index is 0.000000157. The average molecular weight is 1700 g/mol. The van der Waals surface area contributed by atoms with E-state index >= 15 is 0 Å². The Bertz CT molecular complexity index is 6020. The molecule has 130 heavy (non-hydrogen) atoms. The fourth-order valence-electron chi connectivity index (χ4n) is 15.9. The summed E-state index contributed by atoms with van der Waals surface area (Å²) in [6, 6.07) is 139. The summed E-state index contributed by atoms with van der Waals surface area (Å²) in [6.07, 6.45) is 28.7. The van der Waals surface area contributed by atoms with Crippen LogP contribution in [0.1, 0.15) is 210 Å². The Labute approximate surface area is 777 Å². The second-order valence-electron chi connectivity index (χ2n) is 34.0. The number of nitriles is 5. The highest BCUT2D eigenvalue weighted by molar-refractivity contribution is 5.68. The number of aryl methyl sites for hydroxylation is 15. The van der Waals surface area contributed by atoms with Gasteiger partial charge in [0, 0.05) is 0 Å². The molecule has 0 aliphatic carbocycles. The van der Waals surface area contributed by atoms with E-state index < -0.39 is 0 Å². The predicted molar refractivity (Wildman–Crippen MR) is 545 cm³/mol. The van der Waals surface area contributed by atoms with Gasteiger partial charge in [-0.1, -0.05) is 383 Å². The molecule has 0 saturated carbocycles. The SMILES string of the molecule is CCCCCCc1ccc(-c2ccc(CCc3ccc(C#N)cc3)cc2)cc1.CCCCCc1ccc(-c2ccc(CCc3ccc(C#N)cc3)cc2)cc1.CCCCc1ccc(-c2ccc(CCc3ccc(C#N)cc3)cc2)cc1.CCCc1ccc(-c2ccc(CCc3ccc(C#N)cc3)cc2)cc1.CCc1ccc(-c2ccc(CCc3ccc(C#N)cc3)cc2)cc1. The van der Waals surface area contributed by atoms with Crippen LogP contribution in [0, 0.1) is 56.7 Å². The van der Waals surface area contributed by atoms with E-state index in [2.05, 4.69) is 332 Å². The van der Waals surface area contributed by atoms with Gasteiger partial charge in [-0.3, -0.25) is 0 Å². The zero-order chi connectivity index (χ0) is 91.0. The quantitative estimate of drug-likeness (QED) is 0.0367. The van der Waals surface area contributed by atoms with Crippen LogP contribution in [-0.4, -0.2) is 0 Å². The highest BCUT2D eigenvalue weighted by Gasteiger charge is 2.10. The fourth-order valence-corrected chi connectivity index (χ4v) is 15.9. The summed E-state index contributed by atoms with van der Waals surface area (Å²) in [6.45, 7) is 11.1. The molecule has 0 N–H and O–H groups in total. The molecule has 0 aromatic heterocycles. The first-order valence-electron chi connectivity index (χ1n) is 47.3. The minimum Gasteiger partial charge on any atom is -0.192 e. The molecule has 15 aromatic rings. The zero-order valence-electron chi connectivity index (χ0n) is 77.1. The lowest BCUT2D eigenvalue weighted by Gasteiger charge is -2.07. The van der Waals surface area contributed by atoms with Gasteiger partial charge in [0.05, 0.1) is 58.2 Å². The lowest BCUT2D eigenvalue weighted by molar-refractivity contribution is 0.667. The number of benzene rings is 15. The molecule has 0 bridgehead atoms. The lowest BCUT2D eigenvalue weighted by atomic mass is 9.98. The first-order chi connectivity index (χ1) is 63.9. The van der Waals surface area contributed by atoms with Crippen molar-refractivity contribution in [1.82, 2.24) is 0 Å². The Morgan fingerprint density at radius 3 is 0.431 bits per heavy atom. The Morgan fingerprint density at radius 1 is 0.131 bits per heavy atom. The van der Waals surface area contributed by atoms with Gasteiger partial charge in [0.2, 0.25) is 0 Å². The van der Waals surface area contributed by atoms with E-state index in [1.165, 1.54) is 223 Å². The van der Waals surface area contributed by atoms with Crippen LogP contribution in [0.15, 0.2) is 364 Å². The molecule has 5 heteroatoms. The van der Waals surface area contributed by atoms with E-state index in [0.717, 1.165) is 105 Å². The summed E-state index contributed by atoms with van der Waals surface area (Å²) in [5, 5.41) is 44.3. The average Bonchev–Trinajstić information content (AvgIpc) is 0.863. The molecule has 0 saturated heterocycles. The molecule has 0 atom stereocenters. The van der Waals surface area contributed by atoms with Crippen LogP contribution >= 0.6 is 0 Å². The Kier molecular flexibility index (Phi) is 40.1. The van der Waals surface area contributed by atoms with Crippen molar-refractivity contribution in [3.63, 3.8) is 0 Å². The van der Waals surface area contributed by atoms with E-state index in [0.29, 0.717) is 0 Å². The van der Waals surface area contributed by atoms with E-state index in [4.69, 9.17) is 26.3 Å². The first kappa shape index (κ1) is 96.4. The summed E-state index contributed by atoms with van der Waals surface area (Å²) in [4.78, 5) is 0. The highest BCUT2D eigenvalue weighted by Crippen LogP contribution is 2.29. The van der Waals surface area contributed by atoms with Crippen molar-refractivity contribution < 1.29 is 0 Å². The molecular weight excluding hydrogens is 1570 g/mol. The van der Waals surface area contributed by atoms with Gasteiger partial charge in [-0.2, -0.15) is 26.3 Å². The zero-order valence-corrected chi connectivity index (χ0v) is 77.1. The first-order valence-corrected chi connectivity index (χ1v) is 47.3. The van der Waals surface area contributed by atoms with Crippen molar-refractivity contribution in [2.45, 2.75) is 195 Å². The summed E-state index contributed by atoms with van der Waals surface area (Å²) >= 11 is 0. The highest BCUT2D eigenvalue weighted by atomic mass is 14.3. The second-order valence-corrected chi connectivity index (χ2v) is 34.0. The van der Waals surface area contributed by atoms with E-state index in [-0.39, 0.29) is 0 Å². The third kappa shape index (κ3) is 32.6. The monoisotopic (exact) mass is 1700 g/mol. The number of rotatable bonds is 35. The van der Waals surface area contributed by atoms with Gasteiger partial charge in [0.15, 0.2) is 0 Å². The van der Waals surface area contributed by atoms with Gasteiger partial charge in [-0.05, 0) is 315 Å². The molecule has 0 radical (unpaired) electrons. The minimum atomic E-state index is 0.720. The minimum absolute atomic E-state index is 0.720. The van der Waals surface area contributed by atoms with Gasteiger partial charge in [0.1, 0.15) is 0 Å². The summed E-state index contributed by atoms with van der Waals surface area (Å²) in [7, 11) is 0. The number of nitrogens with zero attached hydrogens (tertiary/aromatic N) is 5. The van der Waals surface area contributed by atoms with Gasteiger partial charge in [0.25, 0.3) is 0 Å². The smallest absolute Gasteiger partial charge is 0.0991 e. The molecule has 0 aliphatic heterocycles. The van der Waals surface area contributed by atoms with Crippen LogP contribution in [0.25, 0.3) is 55.6 Å². The topological polar surface area (TPSA) is 119 Å². The molecule has 650 valence electrons. The third-order valence-corrected chi connectivity index (χ3v) is 24.3. The standard InChI is InChI=1S/C27H29N.C26H27N.C25H25N.C24H23N.C23H21N/c1-2-3-4-5-6-22-13-17-26(18-14-22)27-19-15-24(16-20-27)8-7-23-9-11-25(21-28)12-10-23;1-2-3-4-5-21-12-16-25(17-13-21)26-18-14-23(15-19-26)7-6-22-8-10-24(20-27)11-9-22;1-2-3-4-20-11-15-24(16-12-20)25-17-13-22(14-18-25)6-5-21-7-9-23(19-26)10-8-21;1-2-3-19-10-14-23(15-11-19)24-16-12-21(13-17-24)5-4-20-6-8-22(18-25)9-7-20;1-2-18-9-13-22(14-10-18)23-15-11-20(12-16-23)4-3-19-5-7-21(17-24)8-6-19/h9-20H,2-8H2,1H3;8-19H,2-7H2,1H3;7-18H,2-6H2,1H3;6-17H,2-5H2,1H3;5-16H,2-4H2,1H3. The summed E-state index contributed by atoms with van der Waals surface area (Å²) in [5.41, 5.74) is 36.5. The Morgan fingerprint density at radius 2 is 0.269 bits per heavy atom. The molecule has 0 aliphatic rings. The predicted octanol–water partition coefficient (Wildman–Crippen LogP) is 31.8. The maximum Gasteiger partial charge on any atom is 0.0991 e. The maximum absolute atomic E-state index is 8.88. The third-order valence-electron chi connectivity index (χ3n) is 24.3. The van der Waals surface area contributed by atoms with Gasteiger partial charge in [-0.25, -0.2) is 0 Å². The summed E-state index contributed by atoms with van der Waals surface area (Å²) < 4.78 is 0. The van der Waals surface area contributed by atoms with Crippen LogP contribution in [0.5, 0.6) is 0 Å². The van der Waals surface area contributed by atoms with E-state index in [9.17, 15) is 0 Å². The normalized spacial score (nSPS) is 10.5. The van der Waals surface area contributed by atoms with Gasteiger partial charge in [-0.15, -0.1) is 0 Å². The van der Waals surface area contributed by atoms with Crippen molar-refractivity contribution in [2.75, 3.05) is 0 Å². The van der Waals surface area contributed by atoms with E-state index in [1.54, 1.807) is 0 Å². The maximum atomic E-state index is 8.88. The molecule has 0 amide bonds. The number of unbranched alkanes of at least 4 members (excludes halogenated alkanes) is 6. The second kappa shape index (κ2) is 54.0. The summed E-state index contributed by atoms with van der Waals surface area (Å²) in [5.74, 6) is 0. The van der Waals surface area contributed by atoms with Crippen molar-refractivity contribution >= 4 is 0 Å².